The second-order valence-electron chi connectivity index (χ2n) is 7.58. The van der Waals surface area contributed by atoms with Crippen LogP contribution in [0, 0.1) is 0 Å². The summed E-state index contributed by atoms with van der Waals surface area (Å²) in [6.07, 6.45) is 2.45. The molecule has 3 amide bonds. The molecule has 3 aromatic rings. The lowest BCUT2D eigenvalue weighted by Gasteiger charge is -2.22. The molecule has 0 saturated carbocycles. The number of rotatable bonds is 8. The SMILES string of the molecule is COc1cc(NC(=O)[C@H](CCSC)NC(=O)N2CCn3c2nc2ccccc23)cc(OC)c1. The van der Waals surface area contributed by atoms with Crippen molar-refractivity contribution < 1.29 is 19.1 Å². The van der Waals surface area contributed by atoms with Crippen LogP contribution >= 0.6 is 11.8 Å². The molecule has 9 nitrogen and oxygen atoms in total. The quantitative estimate of drug-likeness (QED) is 0.525. The molecule has 1 aliphatic heterocycles. The highest BCUT2D eigenvalue weighted by atomic mass is 32.2. The maximum Gasteiger partial charge on any atom is 0.324 e. The van der Waals surface area contributed by atoms with Crippen LogP contribution in [-0.2, 0) is 11.3 Å². The van der Waals surface area contributed by atoms with Crippen molar-refractivity contribution in [2.75, 3.05) is 43.0 Å². The maximum atomic E-state index is 13.2. The summed E-state index contributed by atoms with van der Waals surface area (Å²) in [6.45, 7) is 1.16. The number of benzene rings is 2. The van der Waals surface area contributed by atoms with Crippen LogP contribution in [0.3, 0.4) is 0 Å². The first-order chi connectivity index (χ1) is 16.0. The second kappa shape index (κ2) is 10.0. The molecule has 2 aromatic carbocycles. The first-order valence-electron chi connectivity index (χ1n) is 10.6. The lowest BCUT2D eigenvalue weighted by molar-refractivity contribution is -0.117. The van der Waals surface area contributed by atoms with Gasteiger partial charge in [-0.1, -0.05) is 12.1 Å². The second-order valence-corrected chi connectivity index (χ2v) is 8.56. The number of thioether (sulfide) groups is 1. The number of carbonyl (C=O) groups excluding carboxylic acids is 2. The van der Waals surface area contributed by atoms with Gasteiger partial charge in [0.2, 0.25) is 11.9 Å². The lowest BCUT2D eigenvalue weighted by Crippen LogP contribution is -2.49. The molecule has 2 N–H and O–H groups in total. The van der Waals surface area contributed by atoms with E-state index < -0.39 is 6.04 Å². The van der Waals surface area contributed by atoms with Crippen LogP contribution < -0.4 is 25.0 Å². The van der Waals surface area contributed by atoms with Gasteiger partial charge < -0.3 is 24.7 Å². The van der Waals surface area contributed by atoms with Gasteiger partial charge in [-0.3, -0.25) is 9.69 Å². The number of fused-ring (bicyclic) bond motifs is 3. The molecule has 33 heavy (non-hydrogen) atoms. The zero-order valence-electron chi connectivity index (χ0n) is 18.8. The van der Waals surface area contributed by atoms with E-state index in [1.54, 1.807) is 49.1 Å². The van der Waals surface area contributed by atoms with Gasteiger partial charge in [0.05, 0.1) is 25.3 Å². The van der Waals surface area contributed by atoms with E-state index >= 15 is 0 Å². The van der Waals surface area contributed by atoms with Gasteiger partial charge in [-0.15, -0.1) is 0 Å². The van der Waals surface area contributed by atoms with Gasteiger partial charge in [0.1, 0.15) is 17.5 Å². The predicted octanol–water partition coefficient (Wildman–Crippen LogP) is 3.34. The summed E-state index contributed by atoms with van der Waals surface area (Å²) in [4.78, 5) is 32.5. The van der Waals surface area contributed by atoms with Crippen LogP contribution in [0.1, 0.15) is 6.42 Å². The zero-order valence-corrected chi connectivity index (χ0v) is 19.6. The number of carbonyl (C=O) groups is 2. The van der Waals surface area contributed by atoms with Crippen LogP contribution in [0.4, 0.5) is 16.4 Å². The number of anilines is 2. The number of methoxy groups -OCH3 is 2. The highest BCUT2D eigenvalue weighted by molar-refractivity contribution is 7.98. The minimum Gasteiger partial charge on any atom is -0.497 e. The van der Waals surface area contributed by atoms with Crippen molar-refractivity contribution in [1.82, 2.24) is 14.9 Å². The highest BCUT2D eigenvalue weighted by Crippen LogP contribution is 2.28. The van der Waals surface area contributed by atoms with Gasteiger partial charge in [-0.25, -0.2) is 9.78 Å². The number of nitrogens with zero attached hydrogens (tertiary/aromatic N) is 3. The minimum atomic E-state index is -0.708. The number of nitrogens with one attached hydrogen (secondary N) is 2. The Morgan fingerprint density at radius 3 is 2.55 bits per heavy atom. The van der Waals surface area contributed by atoms with Gasteiger partial charge >= 0.3 is 6.03 Å². The maximum absolute atomic E-state index is 13.2. The Labute approximate surface area is 196 Å². The van der Waals surface area contributed by atoms with Crippen molar-refractivity contribution in [3.05, 3.63) is 42.5 Å². The van der Waals surface area contributed by atoms with E-state index in [1.807, 2.05) is 35.1 Å². The van der Waals surface area contributed by atoms with Crippen molar-refractivity contribution in [2.24, 2.45) is 0 Å². The highest BCUT2D eigenvalue weighted by Gasteiger charge is 2.31. The van der Waals surface area contributed by atoms with Gasteiger partial charge in [0, 0.05) is 37.0 Å². The molecule has 0 unspecified atom stereocenters. The first-order valence-corrected chi connectivity index (χ1v) is 12.0. The largest absolute Gasteiger partial charge is 0.497 e. The predicted molar refractivity (Wildman–Crippen MR) is 131 cm³/mol. The summed E-state index contributed by atoms with van der Waals surface area (Å²) >= 11 is 1.62. The monoisotopic (exact) mass is 469 g/mol. The van der Waals surface area contributed by atoms with E-state index in [0.29, 0.717) is 42.6 Å². The molecule has 2 heterocycles. The number of hydrogen-bond acceptors (Lipinski definition) is 6. The third-order valence-corrected chi connectivity index (χ3v) is 6.16. The van der Waals surface area contributed by atoms with E-state index in [1.165, 1.54) is 0 Å². The Bertz CT molecular complexity index is 1140. The molecule has 0 spiro atoms. The van der Waals surface area contributed by atoms with Crippen molar-refractivity contribution in [1.29, 1.82) is 0 Å². The molecular weight excluding hydrogens is 442 g/mol. The van der Waals surface area contributed by atoms with E-state index in [4.69, 9.17) is 9.47 Å². The van der Waals surface area contributed by atoms with Crippen molar-refractivity contribution in [3.63, 3.8) is 0 Å². The van der Waals surface area contributed by atoms with Crippen LogP contribution in [0.15, 0.2) is 42.5 Å². The van der Waals surface area contributed by atoms with Gasteiger partial charge in [0.25, 0.3) is 0 Å². The summed E-state index contributed by atoms with van der Waals surface area (Å²) in [5.74, 6) is 2.13. The van der Waals surface area contributed by atoms with E-state index in [9.17, 15) is 9.59 Å². The standard InChI is InChI=1S/C23H27N5O4S/c1-31-16-12-15(13-17(14-16)32-2)24-21(29)19(8-11-33-3)26-23(30)28-10-9-27-20-7-5-4-6-18(20)25-22(27)28/h4-7,12-14,19H,8-11H2,1-3H3,(H,24,29)(H,26,30)/t19-/m0/s1. The fraction of sp³-hybridized carbons (Fsp3) is 0.348. The molecule has 0 aliphatic carbocycles. The molecule has 0 radical (unpaired) electrons. The van der Waals surface area contributed by atoms with Crippen LogP contribution in [0.25, 0.3) is 11.0 Å². The fourth-order valence-corrected chi connectivity index (χ4v) is 4.29. The average Bonchev–Trinajstić information content (AvgIpc) is 3.40. The number of imidazole rings is 1. The number of hydrogen-bond donors (Lipinski definition) is 2. The minimum absolute atomic E-state index is 0.305. The van der Waals surface area contributed by atoms with Gasteiger partial charge in [-0.05, 0) is 30.6 Å². The summed E-state index contributed by atoms with van der Waals surface area (Å²) in [5, 5.41) is 5.78. The molecule has 0 saturated heterocycles. The van der Waals surface area contributed by atoms with Crippen LogP contribution in [-0.4, -0.2) is 60.3 Å². The normalized spacial score (nSPS) is 13.5. The van der Waals surface area contributed by atoms with Gasteiger partial charge in [0.15, 0.2) is 0 Å². The van der Waals surface area contributed by atoms with Crippen molar-refractivity contribution >= 4 is 46.4 Å². The Balaban J connectivity index is 1.50. The van der Waals surface area contributed by atoms with E-state index in [0.717, 1.165) is 16.8 Å². The average molecular weight is 470 g/mol. The number of ether oxygens (including phenoxy) is 2. The number of urea groups is 1. The van der Waals surface area contributed by atoms with Crippen LogP contribution in [0.5, 0.6) is 11.5 Å². The number of para-hydroxylation sites is 2. The topological polar surface area (TPSA) is 97.7 Å². The number of aromatic nitrogens is 2. The summed E-state index contributed by atoms with van der Waals surface area (Å²) in [5.41, 5.74) is 2.36. The van der Waals surface area contributed by atoms with Crippen LogP contribution in [0.2, 0.25) is 0 Å². The summed E-state index contributed by atoms with van der Waals surface area (Å²) in [7, 11) is 3.09. The Morgan fingerprint density at radius 1 is 1.12 bits per heavy atom. The molecule has 4 rings (SSSR count). The Hall–Kier alpha value is -3.40. The third kappa shape index (κ3) is 4.85. The smallest absolute Gasteiger partial charge is 0.324 e. The lowest BCUT2D eigenvalue weighted by atomic mass is 10.2. The molecule has 1 aromatic heterocycles. The third-order valence-electron chi connectivity index (χ3n) is 5.51. The van der Waals surface area contributed by atoms with Crippen molar-refractivity contribution in [3.8, 4) is 11.5 Å². The van der Waals surface area contributed by atoms with E-state index in [-0.39, 0.29) is 11.9 Å². The molecular formula is C23H27N5O4S. The molecule has 1 atom stereocenters. The zero-order chi connectivity index (χ0) is 23.4. The molecule has 10 heteroatoms. The summed E-state index contributed by atoms with van der Waals surface area (Å²) < 4.78 is 12.6. The van der Waals surface area contributed by atoms with Crippen molar-refractivity contribution in [2.45, 2.75) is 19.0 Å². The summed E-state index contributed by atoms with van der Waals surface area (Å²) in [6, 6.07) is 11.9. The molecule has 174 valence electrons. The Kier molecular flexibility index (Phi) is 6.93. The Morgan fingerprint density at radius 2 is 1.85 bits per heavy atom. The molecule has 0 bridgehead atoms. The van der Waals surface area contributed by atoms with Gasteiger partial charge in [-0.2, -0.15) is 11.8 Å². The molecule has 1 aliphatic rings. The number of amides is 3. The van der Waals surface area contributed by atoms with E-state index in [2.05, 4.69) is 15.6 Å². The fourth-order valence-electron chi connectivity index (χ4n) is 3.82. The first kappa shape index (κ1) is 22.8. The molecule has 0 fully saturated rings.